The van der Waals surface area contributed by atoms with Crippen molar-refractivity contribution >= 4 is 5.96 Å². The fourth-order valence-corrected chi connectivity index (χ4v) is 2.59. The van der Waals surface area contributed by atoms with Crippen molar-refractivity contribution in [1.82, 2.24) is 15.5 Å². The number of hydrogen-bond acceptors (Lipinski definition) is 4. The van der Waals surface area contributed by atoms with Crippen molar-refractivity contribution in [2.75, 3.05) is 32.7 Å². The van der Waals surface area contributed by atoms with Gasteiger partial charge in [0.2, 0.25) is 0 Å². The first-order valence-electron chi connectivity index (χ1n) is 6.84. The van der Waals surface area contributed by atoms with E-state index in [1.165, 1.54) is 19.4 Å². The minimum Gasteiger partial charge on any atom is -0.356 e. The van der Waals surface area contributed by atoms with Crippen LogP contribution in [0.2, 0.25) is 0 Å². The Morgan fingerprint density at radius 3 is 2.94 bits per heavy atom. The Labute approximate surface area is 105 Å². The van der Waals surface area contributed by atoms with Crippen LogP contribution in [0.1, 0.15) is 33.6 Å². The van der Waals surface area contributed by atoms with Crippen LogP contribution in [0, 0.1) is 5.92 Å². The second-order valence-corrected chi connectivity index (χ2v) is 6.12. The van der Waals surface area contributed by atoms with Gasteiger partial charge in [0.1, 0.15) is 0 Å². The summed E-state index contributed by atoms with van der Waals surface area (Å²) in [6.07, 6.45) is 2.64. The van der Waals surface area contributed by atoms with Crippen molar-refractivity contribution in [2.45, 2.75) is 39.2 Å². The summed E-state index contributed by atoms with van der Waals surface area (Å²) >= 11 is 0. The van der Waals surface area contributed by atoms with Crippen molar-refractivity contribution in [2.24, 2.45) is 10.9 Å². The molecule has 0 aliphatic carbocycles. The van der Waals surface area contributed by atoms with E-state index in [9.17, 15) is 0 Å². The van der Waals surface area contributed by atoms with Gasteiger partial charge in [-0.25, -0.2) is 0 Å². The van der Waals surface area contributed by atoms with E-state index >= 15 is 0 Å². The monoisotopic (exact) mass is 238 g/mol. The summed E-state index contributed by atoms with van der Waals surface area (Å²) in [5.41, 5.74) is 0.174. The van der Waals surface area contributed by atoms with E-state index < -0.39 is 0 Å². The summed E-state index contributed by atoms with van der Waals surface area (Å²) in [6, 6.07) is 0. The molecule has 1 fully saturated rings. The predicted molar refractivity (Wildman–Crippen MR) is 72.4 cm³/mol. The lowest BCUT2D eigenvalue weighted by Crippen LogP contribution is -2.50. The molecule has 2 heterocycles. The summed E-state index contributed by atoms with van der Waals surface area (Å²) in [5, 5.41) is 7.00. The molecule has 98 valence electrons. The van der Waals surface area contributed by atoms with Gasteiger partial charge >= 0.3 is 0 Å². The molecule has 2 aliphatic rings. The summed E-state index contributed by atoms with van der Waals surface area (Å²) < 4.78 is 0. The van der Waals surface area contributed by atoms with Crippen molar-refractivity contribution in [3.05, 3.63) is 0 Å². The van der Waals surface area contributed by atoms with Crippen LogP contribution in [0.4, 0.5) is 0 Å². The quantitative estimate of drug-likeness (QED) is 0.755. The Kier molecular flexibility index (Phi) is 3.92. The van der Waals surface area contributed by atoms with Crippen LogP contribution < -0.4 is 10.6 Å². The lowest BCUT2D eigenvalue weighted by atomic mass is 10.00. The molecule has 0 spiro atoms. The highest BCUT2D eigenvalue weighted by molar-refractivity contribution is 5.82. The van der Waals surface area contributed by atoms with E-state index in [0.717, 1.165) is 38.1 Å². The zero-order valence-corrected chi connectivity index (χ0v) is 11.4. The highest BCUT2D eigenvalue weighted by Crippen LogP contribution is 2.17. The standard InChI is InChI=1S/C13H26N4/c1-13(2,3)17-8-7-15-12(17)16-10-11-5-4-6-14-9-11/h11,14H,4-10H2,1-3H3,(H,15,16). The maximum absolute atomic E-state index is 4.58. The molecule has 0 amide bonds. The Morgan fingerprint density at radius 1 is 1.47 bits per heavy atom. The minimum atomic E-state index is 0.174. The van der Waals surface area contributed by atoms with Gasteiger partial charge in [0.15, 0.2) is 5.96 Å². The first-order chi connectivity index (χ1) is 8.07. The van der Waals surface area contributed by atoms with Gasteiger partial charge in [0.05, 0.1) is 6.54 Å². The van der Waals surface area contributed by atoms with Crippen LogP contribution in [0.3, 0.4) is 0 Å². The highest BCUT2D eigenvalue weighted by atomic mass is 15.4. The molecule has 17 heavy (non-hydrogen) atoms. The van der Waals surface area contributed by atoms with Crippen LogP contribution in [0.15, 0.2) is 4.99 Å². The molecule has 1 atom stereocenters. The molecule has 0 aromatic rings. The van der Waals surface area contributed by atoms with Gasteiger partial charge in [-0.1, -0.05) is 0 Å². The van der Waals surface area contributed by atoms with Crippen LogP contribution in [-0.4, -0.2) is 49.1 Å². The van der Waals surface area contributed by atoms with Crippen LogP contribution in [0.25, 0.3) is 0 Å². The van der Waals surface area contributed by atoms with Crippen LogP contribution in [0.5, 0.6) is 0 Å². The normalized spacial score (nSPS) is 25.9. The van der Waals surface area contributed by atoms with E-state index in [-0.39, 0.29) is 5.54 Å². The maximum atomic E-state index is 4.58. The van der Waals surface area contributed by atoms with Gasteiger partial charge in [0, 0.05) is 18.6 Å². The van der Waals surface area contributed by atoms with Gasteiger partial charge in [-0.05, 0) is 52.6 Å². The van der Waals surface area contributed by atoms with Crippen molar-refractivity contribution in [1.29, 1.82) is 0 Å². The first kappa shape index (κ1) is 12.7. The number of guanidine groups is 1. The fourth-order valence-electron chi connectivity index (χ4n) is 2.59. The molecule has 2 N–H and O–H groups in total. The Hall–Kier alpha value is -0.770. The van der Waals surface area contributed by atoms with E-state index in [1.54, 1.807) is 0 Å². The SMILES string of the molecule is CC(C)(C)N1CCN=C1NCC1CCCNC1. The highest BCUT2D eigenvalue weighted by Gasteiger charge is 2.28. The molecular weight excluding hydrogens is 212 g/mol. The predicted octanol–water partition coefficient (Wildman–Crippen LogP) is 1.05. The molecule has 1 saturated heterocycles. The van der Waals surface area contributed by atoms with E-state index in [4.69, 9.17) is 0 Å². The fraction of sp³-hybridized carbons (Fsp3) is 0.923. The average Bonchev–Trinajstić information content (AvgIpc) is 2.75. The largest absolute Gasteiger partial charge is 0.356 e. The van der Waals surface area contributed by atoms with Crippen molar-refractivity contribution in [3.8, 4) is 0 Å². The van der Waals surface area contributed by atoms with Gasteiger partial charge < -0.3 is 15.5 Å². The van der Waals surface area contributed by atoms with E-state index in [0.29, 0.717) is 0 Å². The second-order valence-electron chi connectivity index (χ2n) is 6.12. The third-order valence-electron chi connectivity index (χ3n) is 3.60. The lowest BCUT2D eigenvalue weighted by molar-refractivity contribution is 0.247. The molecule has 0 radical (unpaired) electrons. The van der Waals surface area contributed by atoms with E-state index in [2.05, 4.69) is 41.3 Å². The first-order valence-corrected chi connectivity index (χ1v) is 6.84. The number of nitrogens with zero attached hydrogens (tertiary/aromatic N) is 2. The van der Waals surface area contributed by atoms with Gasteiger partial charge in [-0.2, -0.15) is 0 Å². The Bertz CT molecular complexity index is 274. The van der Waals surface area contributed by atoms with Gasteiger partial charge in [0.25, 0.3) is 0 Å². The minimum absolute atomic E-state index is 0.174. The van der Waals surface area contributed by atoms with Crippen molar-refractivity contribution < 1.29 is 0 Å². The maximum Gasteiger partial charge on any atom is 0.194 e. The van der Waals surface area contributed by atoms with E-state index in [1.807, 2.05) is 0 Å². The summed E-state index contributed by atoms with van der Waals surface area (Å²) in [7, 11) is 0. The van der Waals surface area contributed by atoms with Gasteiger partial charge in [-0.15, -0.1) is 0 Å². The molecule has 2 rings (SSSR count). The molecular formula is C13H26N4. The summed E-state index contributed by atoms with van der Waals surface area (Å²) in [5.74, 6) is 1.86. The number of piperidine rings is 1. The number of rotatable bonds is 2. The number of hydrogen-bond donors (Lipinski definition) is 2. The molecule has 0 aromatic heterocycles. The van der Waals surface area contributed by atoms with Crippen LogP contribution in [-0.2, 0) is 0 Å². The summed E-state index contributed by atoms with van der Waals surface area (Å²) in [4.78, 5) is 6.96. The Balaban J connectivity index is 1.81. The summed E-state index contributed by atoms with van der Waals surface area (Å²) in [6.45, 7) is 12.1. The number of nitrogens with one attached hydrogen (secondary N) is 2. The molecule has 4 nitrogen and oxygen atoms in total. The lowest BCUT2D eigenvalue weighted by Gasteiger charge is -2.35. The second kappa shape index (κ2) is 5.25. The van der Waals surface area contributed by atoms with Gasteiger partial charge in [-0.3, -0.25) is 4.99 Å². The zero-order valence-electron chi connectivity index (χ0n) is 11.4. The third kappa shape index (κ3) is 3.35. The van der Waals surface area contributed by atoms with Crippen molar-refractivity contribution in [3.63, 3.8) is 0 Å². The molecule has 1 unspecified atom stereocenters. The number of aliphatic imine (C=N–C) groups is 1. The average molecular weight is 238 g/mol. The zero-order chi connectivity index (χ0) is 12.3. The molecule has 4 heteroatoms. The third-order valence-corrected chi connectivity index (χ3v) is 3.60. The Morgan fingerprint density at radius 2 is 2.29 bits per heavy atom. The van der Waals surface area contributed by atoms with Crippen LogP contribution >= 0.6 is 0 Å². The molecule has 0 bridgehead atoms. The molecule has 2 aliphatic heterocycles. The molecule has 0 saturated carbocycles. The smallest absolute Gasteiger partial charge is 0.194 e. The topological polar surface area (TPSA) is 39.7 Å². The molecule has 0 aromatic carbocycles.